The minimum absolute atomic E-state index is 0. The van der Waals surface area contributed by atoms with E-state index in [4.69, 9.17) is 0 Å². The van der Waals surface area contributed by atoms with Crippen LogP contribution in [0.2, 0.25) is 0 Å². The maximum atomic E-state index is 9.86. The zero-order chi connectivity index (χ0) is 13.7. The maximum absolute atomic E-state index is 9.86. The molecule has 0 N–H and O–H groups in total. The first-order valence-electron chi connectivity index (χ1n) is 5.04. The molecule has 8 heteroatoms. The van der Waals surface area contributed by atoms with E-state index in [1.165, 1.54) is 7.11 Å². The van der Waals surface area contributed by atoms with Crippen molar-refractivity contribution in [2.24, 2.45) is 0 Å². The van der Waals surface area contributed by atoms with Crippen molar-refractivity contribution in [1.82, 2.24) is 0 Å². The Hall–Kier alpha value is 1.42. The Balaban J connectivity index is -0.000000123. The molecule has 0 bridgehead atoms. The number of rotatable bonds is 7. The van der Waals surface area contributed by atoms with Crippen molar-refractivity contribution >= 4 is 17.9 Å². The standard InChI is InChI=1S/C7H12O4.C4H6O2.2K/c8-6(9)4-2-1-3-5-7(10)11;1-3-4(5)6-2;;/h1-5H2,(H,8,9)(H,10,11);3H,1H2,2H3;;/q;;2*+1/p-2. The number of hydrogen-bond donors (Lipinski definition) is 0. The van der Waals surface area contributed by atoms with Crippen LogP contribution in [0.4, 0.5) is 0 Å². The predicted octanol–water partition coefficient (Wildman–Crippen LogP) is -7.21. The van der Waals surface area contributed by atoms with Crippen molar-refractivity contribution in [3.05, 3.63) is 12.7 Å². The van der Waals surface area contributed by atoms with Gasteiger partial charge in [0.15, 0.2) is 0 Å². The third-order valence-electron chi connectivity index (χ3n) is 1.63. The molecule has 0 aromatic rings. The second-order valence-electron chi connectivity index (χ2n) is 3.03. The minimum atomic E-state index is -1.08. The first-order valence-corrected chi connectivity index (χ1v) is 5.04. The molecule has 0 aliphatic carbocycles. The number of esters is 1. The summed E-state index contributed by atoms with van der Waals surface area (Å²) in [5.41, 5.74) is 0. The van der Waals surface area contributed by atoms with Crippen molar-refractivity contribution in [2.75, 3.05) is 7.11 Å². The Morgan fingerprint density at radius 3 is 1.53 bits per heavy atom. The van der Waals surface area contributed by atoms with Crippen LogP contribution in [-0.4, -0.2) is 25.0 Å². The first kappa shape index (κ1) is 28.6. The summed E-state index contributed by atoms with van der Waals surface area (Å²) in [5.74, 6) is -2.56. The molecule has 0 radical (unpaired) electrons. The number of carboxylic acids is 2. The maximum Gasteiger partial charge on any atom is 1.00 e. The molecule has 19 heavy (non-hydrogen) atoms. The van der Waals surface area contributed by atoms with E-state index in [1.54, 1.807) is 0 Å². The summed E-state index contributed by atoms with van der Waals surface area (Å²) in [4.78, 5) is 29.6. The van der Waals surface area contributed by atoms with Crippen LogP contribution in [0.3, 0.4) is 0 Å². The summed E-state index contributed by atoms with van der Waals surface area (Å²) in [6.07, 6.45) is 2.69. The molecular weight excluding hydrogens is 306 g/mol. The summed E-state index contributed by atoms with van der Waals surface area (Å²) in [6.45, 7) is 3.16. The van der Waals surface area contributed by atoms with Crippen LogP contribution in [0.15, 0.2) is 12.7 Å². The number of carboxylic acid groups (broad SMARTS) is 2. The van der Waals surface area contributed by atoms with Gasteiger partial charge in [0.2, 0.25) is 0 Å². The normalized spacial score (nSPS) is 7.63. The molecule has 0 aromatic carbocycles. The molecule has 98 valence electrons. The van der Waals surface area contributed by atoms with Crippen molar-refractivity contribution in [3.63, 3.8) is 0 Å². The van der Waals surface area contributed by atoms with Crippen LogP contribution >= 0.6 is 0 Å². The Labute approximate surface area is 198 Å². The van der Waals surface area contributed by atoms with Gasteiger partial charge in [-0.2, -0.15) is 0 Å². The monoisotopic (exact) mass is 322 g/mol. The molecule has 0 aromatic heterocycles. The van der Waals surface area contributed by atoms with Gasteiger partial charge in [0.25, 0.3) is 0 Å². The number of unbranched alkanes of at least 4 members (excludes halogenated alkanes) is 2. The molecule has 0 saturated heterocycles. The van der Waals surface area contributed by atoms with Gasteiger partial charge in [-0.15, -0.1) is 0 Å². The average Bonchev–Trinajstić information content (AvgIpc) is 2.27. The van der Waals surface area contributed by atoms with Crippen LogP contribution in [0.5, 0.6) is 0 Å². The van der Waals surface area contributed by atoms with Crippen LogP contribution in [0.1, 0.15) is 32.1 Å². The molecule has 0 saturated carbocycles. The summed E-state index contributed by atoms with van der Waals surface area (Å²) in [5, 5.41) is 19.7. The van der Waals surface area contributed by atoms with Gasteiger partial charge in [0.05, 0.1) is 7.11 Å². The van der Waals surface area contributed by atoms with Gasteiger partial charge in [0.1, 0.15) is 0 Å². The molecule has 0 atom stereocenters. The summed E-state index contributed by atoms with van der Waals surface area (Å²) in [6, 6.07) is 0. The fourth-order valence-electron chi connectivity index (χ4n) is 0.799. The van der Waals surface area contributed by atoms with Crippen LogP contribution in [0, 0.1) is 0 Å². The van der Waals surface area contributed by atoms with Gasteiger partial charge < -0.3 is 24.5 Å². The molecule has 0 fully saturated rings. The largest absolute Gasteiger partial charge is 1.00 e. The Morgan fingerprint density at radius 1 is 1.00 bits per heavy atom. The topological polar surface area (TPSA) is 107 Å². The van der Waals surface area contributed by atoms with E-state index < -0.39 is 17.9 Å². The van der Waals surface area contributed by atoms with Gasteiger partial charge in [-0.3, -0.25) is 0 Å². The molecule has 0 aliphatic heterocycles. The number of ether oxygens (including phenoxy) is 1. The van der Waals surface area contributed by atoms with E-state index in [-0.39, 0.29) is 116 Å². The molecule has 0 amide bonds. The van der Waals surface area contributed by atoms with E-state index in [0.717, 1.165) is 6.08 Å². The summed E-state index contributed by atoms with van der Waals surface area (Å²) < 4.78 is 4.14. The van der Waals surface area contributed by atoms with E-state index in [9.17, 15) is 24.6 Å². The van der Waals surface area contributed by atoms with E-state index >= 15 is 0 Å². The zero-order valence-corrected chi connectivity index (χ0v) is 18.0. The Morgan fingerprint density at radius 2 is 1.37 bits per heavy atom. The van der Waals surface area contributed by atoms with Crippen LogP contribution in [0.25, 0.3) is 0 Å². The summed E-state index contributed by atoms with van der Waals surface area (Å²) in [7, 11) is 1.31. The molecule has 6 nitrogen and oxygen atoms in total. The number of aliphatic carboxylic acids is 2. The minimum Gasteiger partial charge on any atom is -0.550 e. The number of carbonyl (C=O) groups excluding carboxylic acids is 3. The van der Waals surface area contributed by atoms with E-state index in [1.807, 2.05) is 0 Å². The SMILES string of the molecule is C=CC(=O)OC.O=C([O-])CCCCCC(=O)[O-].[K+].[K+]. The van der Waals surface area contributed by atoms with Crippen LogP contribution < -0.4 is 113 Å². The Bertz CT molecular complexity index is 252. The average molecular weight is 322 g/mol. The number of carbonyl (C=O) groups is 3. The third-order valence-corrected chi connectivity index (χ3v) is 1.63. The molecule has 0 aliphatic rings. The van der Waals surface area contributed by atoms with Crippen molar-refractivity contribution in [1.29, 1.82) is 0 Å². The fraction of sp³-hybridized carbons (Fsp3) is 0.545. The van der Waals surface area contributed by atoms with Gasteiger partial charge in [-0.25, -0.2) is 4.79 Å². The number of hydrogen-bond acceptors (Lipinski definition) is 6. The van der Waals surface area contributed by atoms with E-state index in [2.05, 4.69) is 11.3 Å². The molecule has 0 heterocycles. The van der Waals surface area contributed by atoms with Crippen molar-refractivity contribution in [3.8, 4) is 0 Å². The molecule has 0 rings (SSSR count). The predicted molar refractivity (Wildman–Crippen MR) is 55.3 cm³/mol. The smallest absolute Gasteiger partial charge is 0.550 e. The second-order valence-corrected chi connectivity index (χ2v) is 3.03. The molecule has 0 unspecified atom stereocenters. The molecular formula is C11H16K2O6. The zero-order valence-electron chi connectivity index (χ0n) is 11.8. The van der Waals surface area contributed by atoms with Crippen LogP contribution in [-0.2, 0) is 19.1 Å². The molecule has 0 spiro atoms. The number of methoxy groups -OCH3 is 1. The van der Waals surface area contributed by atoms with Gasteiger partial charge in [0, 0.05) is 18.0 Å². The quantitative estimate of drug-likeness (QED) is 0.199. The van der Waals surface area contributed by atoms with Crippen molar-refractivity contribution < 1.29 is 132 Å². The van der Waals surface area contributed by atoms with E-state index in [0.29, 0.717) is 19.3 Å². The second kappa shape index (κ2) is 21.7. The fourth-order valence-corrected chi connectivity index (χ4v) is 0.799. The van der Waals surface area contributed by atoms with Gasteiger partial charge >= 0.3 is 109 Å². The summed E-state index contributed by atoms with van der Waals surface area (Å²) >= 11 is 0. The van der Waals surface area contributed by atoms with Gasteiger partial charge in [-0.05, 0) is 25.7 Å². The Kier molecular flexibility index (Phi) is 32.6. The van der Waals surface area contributed by atoms with Gasteiger partial charge in [-0.1, -0.05) is 13.0 Å². The van der Waals surface area contributed by atoms with Crippen molar-refractivity contribution in [2.45, 2.75) is 32.1 Å². The first-order chi connectivity index (χ1) is 7.93. The third kappa shape index (κ3) is 32.7.